The summed E-state index contributed by atoms with van der Waals surface area (Å²) < 4.78 is 37.6. The van der Waals surface area contributed by atoms with Crippen LogP contribution in [0.3, 0.4) is 0 Å². The van der Waals surface area contributed by atoms with E-state index in [1.807, 2.05) is 32.0 Å². The number of aliphatic carboxylic acids is 1. The molecular formula is C22H26F3N3O4. The number of nitrogens with zero attached hydrogens (tertiary/aromatic N) is 2. The molecule has 0 bridgehead atoms. The zero-order valence-electron chi connectivity index (χ0n) is 17.8. The number of para-hydroxylation sites is 1. The molecule has 0 spiro atoms. The first-order chi connectivity index (χ1) is 15.0. The van der Waals surface area contributed by atoms with Crippen molar-refractivity contribution in [2.45, 2.75) is 38.7 Å². The Kier molecular flexibility index (Phi) is 7.35. The SMILES string of the molecule is CC(C)NC(=O)[C@H]1CO[C@@H]2CN(Cc3ccc4ccccc4n3)C[C@H]12.O=C(O)C(F)(F)F. The van der Waals surface area contributed by atoms with Crippen molar-refractivity contribution in [2.24, 2.45) is 11.8 Å². The highest BCUT2D eigenvalue weighted by atomic mass is 19.4. The molecule has 10 heteroatoms. The first kappa shape index (κ1) is 23.9. The number of likely N-dealkylation sites (tertiary alicyclic amines) is 1. The van der Waals surface area contributed by atoms with E-state index in [0.717, 1.165) is 30.8 Å². The summed E-state index contributed by atoms with van der Waals surface area (Å²) in [5.41, 5.74) is 2.10. The van der Waals surface area contributed by atoms with Gasteiger partial charge in [-0.15, -0.1) is 0 Å². The van der Waals surface area contributed by atoms with Crippen LogP contribution in [-0.4, -0.2) is 64.9 Å². The van der Waals surface area contributed by atoms with Gasteiger partial charge in [0.2, 0.25) is 5.91 Å². The lowest BCUT2D eigenvalue weighted by Gasteiger charge is -2.20. The smallest absolute Gasteiger partial charge is 0.475 e. The van der Waals surface area contributed by atoms with Gasteiger partial charge in [-0.1, -0.05) is 24.3 Å². The van der Waals surface area contributed by atoms with Crippen LogP contribution in [0.2, 0.25) is 0 Å². The van der Waals surface area contributed by atoms with Gasteiger partial charge < -0.3 is 15.2 Å². The number of carbonyl (C=O) groups is 2. The number of carboxylic acids is 1. The van der Waals surface area contributed by atoms with Crippen LogP contribution < -0.4 is 5.32 Å². The topological polar surface area (TPSA) is 91.8 Å². The average molecular weight is 453 g/mol. The highest BCUT2D eigenvalue weighted by Crippen LogP contribution is 2.34. The molecule has 3 atom stereocenters. The quantitative estimate of drug-likeness (QED) is 0.740. The fraction of sp³-hybridized carbons (Fsp3) is 0.500. The number of rotatable bonds is 4. The van der Waals surface area contributed by atoms with Crippen molar-refractivity contribution in [3.8, 4) is 0 Å². The largest absolute Gasteiger partial charge is 0.490 e. The van der Waals surface area contributed by atoms with Gasteiger partial charge in [0.1, 0.15) is 0 Å². The number of pyridine rings is 1. The van der Waals surface area contributed by atoms with Gasteiger partial charge in [-0.2, -0.15) is 13.2 Å². The predicted molar refractivity (Wildman–Crippen MR) is 111 cm³/mol. The van der Waals surface area contributed by atoms with E-state index in [2.05, 4.69) is 28.4 Å². The minimum atomic E-state index is -5.08. The number of fused-ring (bicyclic) bond motifs is 2. The average Bonchev–Trinajstić information content (AvgIpc) is 3.27. The van der Waals surface area contributed by atoms with Gasteiger partial charge in [0.15, 0.2) is 0 Å². The molecule has 1 aromatic heterocycles. The summed E-state index contributed by atoms with van der Waals surface area (Å²) in [6.07, 6.45) is -4.91. The van der Waals surface area contributed by atoms with E-state index >= 15 is 0 Å². The Bertz CT molecular complexity index is 967. The number of benzene rings is 1. The number of nitrogens with one attached hydrogen (secondary N) is 1. The highest BCUT2D eigenvalue weighted by molar-refractivity contribution is 5.80. The molecule has 0 unspecified atom stereocenters. The summed E-state index contributed by atoms with van der Waals surface area (Å²) in [5.74, 6) is -2.36. The third kappa shape index (κ3) is 5.95. The normalized spacial score (nSPS) is 23.0. The van der Waals surface area contributed by atoms with Crippen molar-refractivity contribution in [1.82, 2.24) is 15.2 Å². The Morgan fingerprint density at radius 2 is 1.91 bits per heavy atom. The van der Waals surface area contributed by atoms with Crippen LogP contribution in [0.25, 0.3) is 10.9 Å². The first-order valence-electron chi connectivity index (χ1n) is 10.3. The Morgan fingerprint density at radius 3 is 2.56 bits per heavy atom. The predicted octanol–water partition coefficient (Wildman–Crippen LogP) is 2.84. The van der Waals surface area contributed by atoms with E-state index in [9.17, 15) is 18.0 Å². The summed E-state index contributed by atoms with van der Waals surface area (Å²) in [7, 11) is 0. The number of carbonyl (C=O) groups excluding carboxylic acids is 1. The van der Waals surface area contributed by atoms with Crippen LogP contribution in [0.5, 0.6) is 0 Å². The van der Waals surface area contributed by atoms with Gasteiger partial charge in [-0.3, -0.25) is 14.7 Å². The van der Waals surface area contributed by atoms with Crippen molar-refractivity contribution < 1.29 is 32.6 Å². The van der Waals surface area contributed by atoms with Crippen LogP contribution >= 0.6 is 0 Å². The Morgan fingerprint density at radius 1 is 1.22 bits per heavy atom. The van der Waals surface area contributed by atoms with Gasteiger partial charge in [-0.25, -0.2) is 4.79 Å². The zero-order chi connectivity index (χ0) is 23.5. The number of halogens is 3. The number of amides is 1. The van der Waals surface area contributed by atoms with Gasteiger partial charge in [0.05, 0.1) is 29.8 Å². The number of carboxylic acid groups (broad SMARTS) is 1. The zero-order valence-corrected chi connectivity index (χ0v) is 17.8. The molecule has 2 aliphatic rings. The molecule has 0 saturated carbocycles. The van der Waals surface area contributed by atoms with Crippen molar-refractivity contribution >= 4 is 22.8 Å². The van der Waals surface area contributed by atoms with Crippen LogP contribution in [-0.2, 0) is 20.9 Å². The fourth-order valence-electron chi connectivity index (χ4n) is 4.01. The number of ether oxygens (including phenoxy) is 1. The van der Waals surface area contributed by atoms with Gasteiger partial charge >= 0.3 is 12.1 Å². The van der Waals surface area contributed by atoms with Gasteiger partial charge in [0, 0.05) is 37.0 Å². The monoisotopic (exact) mass is 453 g/mol. The summed E-state index contributed by atoms with van der Waals surface area (Å²) in [6, 6.07) is 12.6. The molecule has 1 aromatic carbocycles. The molecule has 32 heavy (non-hydrogen) atoms. The van der Waals surface area contributed by atoms with Crippen molar-refractivity contribution in [3.05, 3.63) is 42.1 Å². The molecule has 2 saturated heterocycles. The minimum absolute atomic E-state index is 0.0260. The highest BCUT2D eigenvalue weighted by Gasteiger charge is 2.46. The van der Waals surface area contributed by atoms with E-state index in [1.54, 1.807) is 0 Å². The maximum atomic E-state index is 12.4. The molecule has 0 radical (unpaired) electrons. The number of aromatic nitrogens is 1. The molecule has 4 rings (SSSR count). The second-order valence-corrected chi connectivity index (χ2v) is 8.30. The molecule has 0 aliphatic carbocycles. The van der Waals surface area contributed by atoms with Crippen LogP contribution in [0.1, 0.15) is 19.5 Å². The second kappa shape index (κ2) is 9.83. The van der Waals surface area contributed by atoms with E-state index in [0.29, 0.717) is 12.5 Å². The number of hydrogen-bond donors (Lipinski definition) is 2. The Hall–Kier alpha value is -2.72. The first-order valence-corrected chi connectivity index (χ1v) is 10.3. The summed E-state index contributed by atoms with van der Waals surface area (Å²) in [5, 5.41) is 11.3. The van der Waals surface area contributed by atoms with E-state index in [-0.39, 0.29) is 24.0 Å². The molecule has 2 N–H and O–H groups in total. The fourth-order valence-corrected chi connectivity index (χ4v) is 4.01. The Labute approximate surface area is 183 Å². The van der Waals surface area contributed by atoms with Gasteiger partial charge in [-0.05, 0) is 26.0 Å². The lowest BCUT2D eigenvalue weighted by atomic mass is 9.92. The maximum Gasteiger partial charge on any atom is 0.490 e. The number of alkyl halides is 3. The summed E-state index contributed by atoms with van der Waals surface area (Å²) in [6.45, 7) is 7.13. The third-order valence-electron chi connectivity index (χ3n) is 5.44. The van der Waals surface area contributed by atoms with Crippen LogP contribution in [0, 0.1) is 11.8 Å². The molecule has 174 valence electrons. The molecule has 3 heterocycles. The van der Waals surface area contributed by atoms with E-state index in [4.69, 9.17) is 19.6 Å². The van der Waals surface area contributed by atoms with Crippen LogP contribution in [0.4, 0.5) is 13.2 Å². The number of hydrogen-bond acceptors (Lipinski definition) is 5. The molecule has 2 aliphatic heterocycles. The third-order valence-corrected chi connectivity index (χ3v) is 5.44. The Balaban J connectivity index is 0.000000360. The summed E-state index contributed by atoms with van der Waals surface area (Å²) >= 11 is 0. The molecular weight excluding hydrogens is 427 g/mol. The molecule has 1 amide bonds. The van der Waals surface area contributed by atoms with Gasteiger partial charge in [0.25, 0.3) is 0 Å². The van der Waals surface area contributed by atoms with Crippen molar-refractivity contribution in [3.63, 3.8) is 0 Å². The van der Waals surface area contributed by atoms with E-state index < -0.39 is 12.1 Å². The molecule has 7 nitrogen and oxygen atoms in total. The maximum absolute atomic E-state index is 12.4. The lowest BCUT2D eigenvalue weighted by molar-refractivity contribution is -0.192. The van der Waals surface area contributed by atoms with Crippen molar-refractivity contribution in [1.29, 1.82) is 0 Å². The van der Waals surface area contributed by atoms with E-state index in [1.165, 1.54) is 5.39 Å². The summed E-state index contributed by atoms with van der Waals surface area (Å²) in [4.78, 5) is 28.4. The van der Waals surface area contributed by atoms with Crippen molar-refractivity contribution in [2.75, 3.05) is 19.7 Å². The minimum Gasteiger partial charge on any atom is -0.475 e. The van der Waals surface area contributed by atoms with Crippen LogP contribution in [0.15, 0.2) is 36.4 Å². The molecule has 2 fully saturated rings. The molecule has 2 aromatic rings. The standard InChI is InChI=1S/C20H25N3O2.C2HF3O2/c1-13(2)21-20(24)17-12-25-19-11-23(10-16(17)19)9-15-8-7-14-5-3-4-6-18(14)22-15;3-2(4,5)1(6)7/h3-8,13,16-17,19H,9-12H2,1-2H3,(H,21,24);(H,6,7)/t16-,17+,19-;/m1./s1. The second-order valence-electron chi connectivity index (χ2n) is 8.30. The lowest BCUT2D eigenvalue weighted by Crippen LogP contribution is -2.39.